The van der Waals surface area contributed by atoms with Crippen LogP contribution >= 0.6 is 0 Å². The van der Waals surface area contributed by atoms with Crippen molar-refractivity contribution in [3.05, 3.63) is 48.0 Å². The molecule has 4 nitrogen and oxygen atoms in total. The zero-order valence-electron chi connectivity index (χ0n) is 12.1. The Kier molecular flexibility index (Phi) is 4.15. The van der Waals surface area contributed by atoms with Crippen LogP contribution in [0.5, 0.6) is 17.2 Å². The Labute approximate surface area is 124 Å². The van der Waals surface area contributed by atoms with Gasteiger partial charge in [-0.05, 0) is 48.4 Å². The predicted octanol–water partition coefficient (Wildman–Crippen LogP) is 3.82. The van der Waals surface area contributed by atoms with Crippen molar-refractivity contribution in [3.63, 3.8) is 0 Å². The number of fused-ring (bicyclic) bond motifs is 1. The molecule has 0 aromatic heterocycles. The molecule has 0 amide bonds. The van der Waals surface area contributed by atoms with E-state index in [2.05, 4.69) is 12.2 Å². The molecule has 0 spiro atoms. The average molecular weight is 285 g/mol. The molecule has 2 aromatic rings. The van der Waals surface area contributed by atoms with Gasteiger partial charge in [0, 0.05) is 12.2 Å². The number of ether oxygens (including phenoxy) is 3. The molecular formula is C17H19NO3. The number of anilines is 1. The highest BCUT2D eigenvalue weighted by molar-refractivity contribution is 5.49. The minimum Gasteiger partial charge on any atom is -0.494 e. The summed E-state index contributed by atoms with van der Waals surface area (Å²) in [6.45, 7) is 3.91. The van der Waals surface area contributed by atoms with Gasteiger partial charge in [0.2, 0.25) is 6.79 Å². The van der Waals surface area contributed by atoms with Gasteiger partial charge in [-0.15, -0.1) is 0 Å². The summed E-state index contributed by atoms with van der Waals surface area (Å²) in [6.07, 6.45) is 1.02. The maximum Gasteiger partial charge on any atom is 0.231 e. The van der Waals surface area contributed by atoms with Crippen LogP contribution in [0.3, 0.4) is 0 Å². The first kappa shape index (κ1) is 13.6. The molecule has 0 unspecified atom stereocenters. The van der Waals surface area contributed by atoms with Gasteiger partial charge >= 0.3 is 0 Å². The molecule has 0 radical (unpaired) electrons. The molecule has 3 rings (SSSR count). The Balaban J connectivity index is 1.57. The third-order valence-corrected chi connectivity index (χ3v) is 3.26. The summed E-state index contributed by atoms with van der Waals surface area (Å²) in [6, 6.07) is 14.0. The van der Waals surface area contributed by atoms with E-state index in [0.717, 1.165) is 48.1 Å². The average Bonchev–Trinajstić information content (AvgIpc) is 2.99. The summed E-state index contributed by atoms with van der Waals surface area (Å²) in [5.74, 6) is 2.54. The van der Waals surface area contributed by atoms with E-state index < -0.39 is 0 Å². The minimum atomic E-state index is 0.311. The second-order valence-corrected chi connectivity index (χ2v) is 4.91. The van der Waals surface area contributed by atoms with Crippen LogP contribution < -0.4 is 19.5 Å². The summed E-state index contributed by atoms with van der Waals surface area (Å²) < 4.78 is 16.2. The van der Waals surface area contributed by atoms with E-state index in [1.54, 1.807) is 0 Å². The Hall–Kier alpha value is -2.36. The maximum absolute atomic E-state index is 5.57. The Morgan fingerprint density at radius 3 is 2.67 bits per heavy atom. The SMILES string of the molecule is CCCOc1ccc(NCc2ccc3c(c2)OCO3)cc1. The van der Waals surface area contributed by atoms with Crippen LogP contribution in [0.2, 0.25) is 0 Å². The molecule has 1 heterocycles. The van der Waals surface area contributed by atoms with Gasteiger partial charge in [-0.2, -0.15) is 0 Å². The molecule has 0 atom stereocenters. The van der Waals surface area contributed by atoms with E-state index in [1.165, 1.54) is 0 Å². The number of rotatable bonds is 6. The standard InChI is InChI=1S/C17H19NO3/c1-2-9-19-15-6-4-14(5-7-15)18-11-13-3-8-16-17(10-13)21-12-20-16/h3-8,10,18H,2,9,11-12H2,1H3. The molecule has 1 aliphatic rings. The third-order valence-electron chi connectivity index (χ3n) is 3.26. The van der Waals surface area contributed by atoms with Gasteiger partial charge in [0.05, 0.1) is 6.61 Å². The lowest BCUT2D eigenvalue weighted by Crippen LogP contribution is -2.00. The van der Waals surface area contributed by atoms with Crippen molar-refractivity contribution in [1.82, 2.24) is 0 Å². The summed E-state index contributed by atoms with van der Waals surface area (Å²) in [7, 11) is 0. The predicted molar refractivity (Wildman–Crippen MR) is 82.1 cm³/mol. The van der Waals surface area contributed by atoms with Crippen molar-refractivity contribution in [3.8, 4) is 17.2 Å². The van der Waals surface area contributed by atoms with E-state index in [9.17, 15) is 0 Å². The molecule has 1 aliphatic heterocycles. The Bertz CT molecular complexity index is 595. The number of hydrogen-bond donors (Lipinski definition) is 1. The number of nitrogens with one attached hydrogen (secondary N) is 1. The number of hydrogen-bond acceptors (Lipinski definition) is 4. The molecule has 110 valence electrons. The highest BCUT2D eigenvalue weighted by Gasteiger charge is 2.12. The quantitative estimate of drug-likeness (QED) is 0.876. The zero-order valence-corrected chi connectivity index (χ0v) is 12.1. The fourth-order valence-corrected chi connectivity index (χ4v) is 2.14. The first-order chi connectivity index (χ1) is 10.3. The van der Waals surface area contributed by atoms with Crippen molar-refractivity contribution < 1.29 is 14.2 Å². The zero-order chi connectivity index (χ0) is 14.5. The molecule has 0 bridgehead atoms. The van der Waals surface area contributed by atoms with Crippen LogP contribution in [0.25, 0.3) is 0 Å². The Morgan fingerprint density at radius 2 is 1.86 bits per heavy atom. The highest BCUT2D eigenvalue weighted by Crippen LogP contribution is 2.32. The van der Waals surface area contributed by atoms with E-state index >= 15 is 0 Å². The molecule has 2 aromatic carbocycles. The molecule has 0 saturated heterocycles. The van der Waals surface area contributed by atoms with Crippen molar-refractivity contribution in [1.29, 1.82) is 0 Å². The van der Waals surface area contributed by atoms with Gasteiger partial charge in [0.1, 0.15) is 5.75 Å². The van der Waals surface area contributed by atoms with E-state index in [0.29, 0.717) is 6.79 Å². The molecule has 21 heavy (non-hydrogen) atoms. The molecular weight excluding hydrogens is 266 g/mol. The smallest absolute Gasteiger partial charge is 0.231 e. The van der Waals surface area contributed by atoms with Crippen LogP contribution in [0, 0.1) is 0 Å². The van der Waals surface area contributed by atoms with Crippen LogP contribution in [0.1, 0.15) is 18.9 Å². The lowest BCUT2D eigenvalue weighted by atomic mass is 10.2. The summed E-state index contributed by atoms with van der Waals surface area (Å²) in [5, 5.41) is 3.38. The second-order valence-electron chi connectivity index (χ2n) is 4.91. The van der Waals surface area contributed by atoms with Gasteiger partial charge in [-0.3, -0.25) is 0 Å². The monoisotopic (exact) mass is 285 g/mol. The van der Waals surface area contributed by atoms with Crippen LogP contribution in [-0.4, -0.2) is 13.4 Å². The van der Waals surface area contributed by atoms with Gasteiger partial charge in [0.15, 0.2) is 11.5 Å². The Morgan fingerprint density at radius 1 is 1.05 bits per heavy atom. The third kappa shape index (κ3) is 3.40. The van der Waals surface area contributed by atoms with Crippen molar-refractivity contribution in [2.75, 3.05) is 18.7 Å². The van der Waals surface area contributed by atoms with Crippen molar-refractivity contribution >= 4 is 5.69 Å². The molecule has 0 saturated carbocycles. The van der Waals surface area contributed by atoms with E-state index in [1.807, 2.05) is 42.5 Å². The summed E-state index contributed by atoms with van der Waals surface area (Å²) in [5.41, 5.74) is 2.22. The van der Waals surface area contributed by atoms with E-state index in [4.69, 9.17) is 14.2 Å². The topological polar surface area (TPSA) is 39.7 Å². The van der Waals surface area contributed by atoms with Crippen LogP contribution in [-0.2, 0) is 6.54 Å². The summed E-state index contributed by atoms with van der Waals surface area (Å²) >= 11 is 0. The first-order valence-corrected chi connectivity index (χ1v) is 7.20. The lowest BCUT2D eigenvalue weighted by Gasteiger charge is -2.09. The molecule has 0 aliphatic carbocycles. The van der Waals surface area contributed by atoms with Gasteiger partial charge in [-0.1, -0.05) is 13.0 Å². The van der Waals surface area contributed by atoms with Gasteiger partial charge in [0.25, 0.3) is 0 Å². The molecule has 4 heteroatoms. The lowest BCUT2D eigenvalue weighted by molar-refractivity contribution is 0.174. The normalized spacial score (nSPS) is 12.2. The van der Waals surface area contributed by atoms with Gasteiger partial charge < -0.3 is 19.5 Å². The fraction of sp³-hybridized carbons (Fsp3) is 0.294. The minimum absolute atomic E-state index is 0.311. The summed E-state index contributed by atoms with van der Waals surface area (Å²) in [4.78, 5) is 0. The van der Waals surface area contributed by atoms with Crippen LogP contribution in [0.4, 0.5) is 5.69 Å². The first-order valence-electron chi connectivity index (χ1n) is 7.20. The van der Waals surface area contributed by atoms with Crippen LogP contribution in [0.15, 0.2) is 42.5 Å². The number of benzene rings is 2. The van der Waals surface area contributed by atoms with Crippen molar-refractivity contribution in [2.45, 2.75) is 19.9 Å². The highest BCUT2D eigenvalue weighted by atomic mass is 16.7. The second kappa shape index (κ2) is 6.39. The largest absolute Gasteiger partial charge is 0.494 e. The fourth-order valence-electron chi connectivity index (χ4n) is 2.14. The van der Waals surface area contributed by atoms with Crippen molar-refractivity contribution in [2.24, 2.45) is 0 Å². The maximum atomic E-state index is 5.57. The molecule has 0 fully saturated rings. The van der Waals surface area contributed by atoms with Gasteiger partial charge in [-0.25, -0.2) is 0 Å². The molecule has 1 N–H and O–H groups in total. The van der Waals surface area contributed by atoms with E-state index in [-0.39, 0.29) is 0 Å².